The van der Waals surface area contributed by atoms with Gasteiger partial charge in [0.1, 0.15) is 5.82 Å². The largest absolute Gasteiger partial charge is 0.369 e. The van der Waals surface area contributed by atoms with Gasteiger partial charge >= 0.3 is 0 Å². The zero-order chi connectivity index (χ0) is 19.5. The number of benzene rings is 2. The molecule has 0 fully saturated rings. The van der Waals surface area contributed by atoms with E-state index in [1.807, 2.05) is 26.0 Å². The number of hydrogen-bond donors (Lipinski definition) is 1. The van der Waals surface area contributed by atoms with E-state index in [0.717, 1.165) is 40.8 Å². The van der Waals surface area contributed by atoms with E-state index in [1.165, 1.54) is 5.56 Å². The quantitative estimate of drug-likeness (QED) is 0.493. The Morgan fingerprint density at radius 2 is 1.82 bits per heavy atom. The lowest BCUT2D eigenvalue weighted by Gasteiger charge is -2.12. The first kappa shape index (κ1) is 18.2. The molecule has 5 heteroatoms. The molecule has 0 spiro atoms. The Morgan fingerprint density at radius 3 is 2.57 bits per heavy atom. The van der Waals surface area contributed by atoms with Gasteiger partial charge in [0.05, 0.1) is 11.1 Å². The van der Waals surface area contributed by atoms with Crippen molar-refractivity contribution in [2.24, 2.45) is 0 Å². The molecule has 0 saturated heterocycles. The van der Waals surface area contributed by atoms with Gasteiger partial charge in [0.25, 0.3) is 0 Å². The van der Waals surface area contributed by atoms with Gasteiger partial charge in [-0.3, -0.25) is 0 Å². The minimum atomic E-state index is 0.186. The number of rotatable bonds is 6. The van der Waals surface area contributed by atoms with Gasteiger partial charge in [0, 0.05) is 17.8 Å². The van der Waals surface area contributed by atoms with E-state index in [4.69, 9.17) is 9.51 Å². The van der Waals surface area contributed by atoms with E-state index in [-0.39, 0.29) is 5.92 Å². The monoisotopic (exact) mass is 372 g/mol. The lowest BCUT2D eigenvalue weighted by atomic mass is 10.1. The van der Waals surface area contributed by atoms with Crippen molar-refractivity contribution in [2.75, 3.05) is 11.9 Å². The van der Waals surface area contributed by atoms with Crippen LogP contribution in [0.1, 0.15) is 36.8 Å². The number of fused-ring (bicyclic) bond motifs is 1. The Bertz CT molecular complexity index is 1090. The second-order valence-corrected chi connectivity index (χ2v) is 7.30. The molecule has 4 aromatic rings. The van der Waals surface area contributed by atoms with Gasteiger partial charge in [-0.2, -0.15) is 4.98 Å². The first-order valence-electron chi connectivity index (χ1n) is 9.64. The lowest BCUT2D eigenvalue weighted by Crippen LogP contribution is -2.08. The van der Waals surface area contributed by atoms with Gasteiger partial charge in [-0.15, -0.1) is 0 Å². The molecule has 2 aromatic carbocycles. The topological polar surface area (TPSA) is 63.8 Å². The van der Waals surface area contributed by atoms with Crippen LogP contribution in [0, 0.1) is 6.92 Å². The molecule has 2 heterocycles. The predicted octanol–water partition coefficient (Wildman–Crippen LogP) is 5.37. The molecule has 0 saturated carbocycles. The van der Waals surface area contributed by atoms with Gasteiger partial charge in [0.2, 0.25) is 11.7 Å². The van der Waals surface area contributed by atoms with Crippen LogP contribution in [0.3, 0.4) is 0 Å². The van der Waals surface area contributed by atoms with Crippen molar-refractivity contribution in [1.29, 1.82) is 0 Å². The van der Waals surface area contributed by atoms with Crippen LogP contribution >= 0.6 is 0 Å². The Labute approximate surface area is 164 Å². The van der Waals surface area contributed by atoms with Gasteiger partial charge in [-0.25, -0.2) is 4.98 Å². The number of pyridine rings is 1. The minimum absolute atomic E-state index is 0.186. The summed E-state index contributed by atoms with van der Waals surface area (Å²) in [5, 5.41) is 8.75. The maximum absolute atomic E-state index is 5.43. The molecule has 1 N–H and O–H groups in total. The summed E-state index contributed by atoms with van der Waals surface area (Å²) in [6.07, 6.45) is 0.914. The van der Waals surface area contributed by atoms with Gasteiger partial charge in [-0.05, 0) is 30.5 Å². The van der Waals surface area contributed by atoms with E-state index >= 15 is 0 Å². The zero-order valence-electron chi connectivity index (χ0n) is 16.4. The fourth-order valence-corrected chi connectivity index (χ4v) is 3.20. The van der Waals surface area contributed by atoms with Gasteiger partial charge in [-0.1, -0.05) is 67.5 Å². The third kappa shape index (κ3) is 3.74. The summed E-state index contributed by atoms with van der Waals surface area (Å²) in [7, 11) is 0. The maximum Gasteiger partial charge on any atom is 0.229 e. The SMILES string of the molecule is Cc1cccc2cc(-c3noc(C(C)C)n3)c(NCCc3ccccc3)nc12. The van der Waals surface area contributed by atoms with E-state index in [0.29, 0.717) is 11.7 Å². The Kier molecular flexibility index (Phi) is 5.06. The fourth-order valence-electron chi connectivity index (χ4n) is 3.20. The highest BCUT2D eigenvalue weighted by Crippen LogP contribution is 2.30. The van der Waals surface area contributed by atoms with Crippen molar-refractivity contribution in [3.63, 3.8) is 0 Å². The molecule has 0 amide bonds. The van der Waals surface area contributed by atoms with Crippen LogP contribution in [0.5, 0.6) is 0 Å². The van der Waals surface area contributed by atoms with Crippen LogP contribution < -0.4 is 5.32 Å². The molecule has 5 nitrogen and oxygen atoms in total. The number of aromatic nitrogens is 3. The first-order chi connectivity index (χ1) is 13.6. The highest BCUT2D eigenvalue weighted by Gasteiger charge is 2.17. The molecule has 0 aliphatic heterocycles. The van der Waals surface area contributed by atoms with Crippen molar-refractivity contribution >= 4 is 16.7 Å². The zero-order valence-corrected chi connectivity index (χ0v) is 16.4. The highest BCUT2D eigenvalue weighted by atomic mass is 16.5. The van der Waals surface area contributed by atoms with Crippen molar-refractivity contribution in [1.82, 2.24) is 15.1 Å². The van der Waals surface area contributed by atoms with Crippen LogP contribution in [-0.2, 0) is 6.42 Å². The molecule has 0 aliphatic carbocycles. The summed E-state index contributed by atoms with van der Waals surface area (Å²) in [4.78, 5) is 9.48. The normalized spacial score (nSPS) is 11.3. The summed E-state index contributed by atoms with van der Waals surface area (Å²) >= 11 is 0. The molecule has 0 atom stereocenters. The van der Waals surface area contributed by atoms with Crippen molar-refractivity contribution < 1.29 is 4.52 Å². The van der Waals surface area contributed by atoms with Crippen LogP contribution in [0.15, 0.2) is 59.1 Å². The first-order valence-corrected chi connectivity index (χ1v) is 9.64. The van der Waals surface area contributed by atoms with E-state index in [2.05, 4.69) is 64.8 Å². The number of nitrogens with zero attached hydrogens (tertiary/aromatic N) is 3. The predicted molar refractivity (Wildman–Crippen MR) is 112 cm³/mol. The third-order valence-electron chi connectivity index (χ3n) is 4.77. The number of nitrogens with one attached hydrogen (secondary N) is 1. The molecule has 0 aliphatic rings. The Hall–Kier alpha value is -3.21. The average molecular weight is 372 g/mol. The fraction of sp³-hybridized carbons (Fsp3) is 0.261. The van der Waals surface area contributed by atoms with E-state index in [9.17, 15) is 0 Å². The number of aryl methyl sites for hydroxylation is 1. The third-order valence-corrected chi connectivity index (χ3v) is 4.77. The smallest absolute Gasteiger partial charge is 0.229 e. The van der Waals surface area contributed by atoms with Crippen LogP contribution in [0.2, 0.25) is 0 Å². The molecule has 4 rings (SSSR count). The molecular weight excluding hydrogens is 348 g/mol. The second kappa shape index (κ2) is 7.80. The van der Waals surface area contributed by atoms with E-state index < -0.39 is 0 Å². The summed E-state index contributed by atoms with van der Waals surface area (Å²) in [5.74, 6) is 2.18. The molecule has 2 aromatic heterocycles. The highest BCUT2D eigenvalue weighted by molar-refractivity contribution is 5.89. The van der Waals surface area contributed by atoms with Crippen LogP contribution in [0.4, 0.5) is 5.82 Å². The Morgan fingerprint density at radius 1 is 1.00 bits per heavy atom. The summed E-state index contributed by atoms with van der Waals surface area (Å²) in [6, 6.07) is 18.7. The molecule has 0 radical (unpaired) electrons. The summed E-state index contributed by atoms with van der Waals surface area (Å²) < 4.78 is 5.43. The van der Waals surface area contributed by atoms with Crippen molar-refractivity contribution in [3.8, 4) is 11.4 Å². The van der Waals surface area contributed by atoms with Crippen molar-refractivity contribution in [3.05, 3.63) is 71.6 Å². The number of anilines is 1. The molecule has 0 bridgehead atoms. The van der Waals surface area contributed by atoms with Crippen LogP contribution in [0.25, 0.3) is 22.3 Å². The Balaban J connectivity index is 1.70. The molecular formula is C23H24N4O. The number of para-hydroxylation sites is 1. The lowest BCUT2D eigenvalue weighted by molar-refractivity contribution is 0.365. The standard InChI is InChI=1S/C23H24N4O/c1-15(2)23-26-22(27-28-23)19-14-18-11-7-8-16(3)20(18)25-21(19)24-13-12-17-9-5-4-6-10-17/h4-11,14-15H,12-13H2,1-3H3,(H,24,25). The molecule has 0 unspecified atom stereocenters. The van der Waals surface area contributed by atoms with Crippen molar-refractivity contribution in [2.45, 2.75) is 33.1 Å². The van der Waals surface area contributed by atoms with E-state index in [1.54, 1.807) is 0 Å². The number of hydrogen-bond acceptors (Lipinski definition) is 5. The van der Waals surface area contributed by atoms with Gasteiger partial charge < -0.3 is 9.84 Å². The van der Waals surface area contributed by atoms with Crippen LogP contribution in [-0.4, -0.2) is 21.7 Å². The molecule has 142 valence electrons. The maximum atomic E-state index is 5.43. The summed E-state index contributed by atoms with van der Waals surface area (Å²) in [6.45, 7) is 6.93. The van der Waals surface area contributed by atoms with Gasteiger partial charge in [0.15, 0.2) is 0 Å². The summed E-state index contributed by atoms with van der Waals surface area (Å²) in [5.41, 5.74) is 4.28. The minimum Gasteiger partial charge on any atom is -0.369 e. The average Bonchev–Trinajstić information content (AvgIpc) is 3.19. The second-order valence-electron chi connectivity index (χ2n) is 7.30. The molecule has 28 heavy (non-hydrogen) atoms.